The summed E-state index contributed by atoms with van der Waals surface area (Å²) in [5.41, 5.74) is 7.87. The molecule has 0 radical (unpaired) electrons. The van der Waals surface area contributed by atoms with E-state index in [0.717, 1.165) is 12.0 Å². The summed E-state index contributed by atoms with van der Waals surface area (Å²) in [7, 11) is 0. The van der Waals surface area contributed by atoms with E-state index in [4.69, 9.17) is 15.0 Å². The number of aromatic nitrogens is 2. The van der Waals surface area contributed by atoms with Gasteiger partial charge < -0.3 is 15.0 Å². The van der Waals surface area contributed by atoms with E-state index in [-0.39, 0.29) is 12.5 Å². The third kappa shape index (κ3) is 8.77. The van der Waals surface area contributed by atoms with Crippen LogP contribution in [0.25, 0.3) is 11.4 Å². The van der Waals surface area contributed by atoms with Crippen molar-refractivity contribution in [3.8, 4) is 11.4 Å². The fraction of sp³-hybridized carbons (Fsp3) is 0.609. The molecule has 0 aliphatic heterocycles. The SMILES string of the molecule is CCCCCCCCCCc1ccc(-c2noc(CC(CN)OC(C)=O)n2)cc1. The van der Waals surface area contributed by atoms with Crippen LogP contribution in [0, 0.1) is 0 Å². The molecule has 0 amide bonds. The van der Waals surface area contributed by atoms with Crippen LogP contribution in [-0.4, -0.2) is 28.8 Å². The van der Waals surface area contributed by atoms with Crippen molar-refractivity contribution in [1.82, 2.24) is 10.1 Å². The predicted octanol–water partition coefficient (Wildman–Crippen LogP) is 4.85. The number of nitrogens with zero attached hydrogens (tertiary/aromatic N) is 2. The molecule has 6 nitrogen and oxygen atoms in total. The maximum absolute atomic E-state index is 11.1. The largest absolute Gasteiger partial charge is 0.461 e. The van der Waals surface area contributed by atoms with Gasteiger partial charge in [-0.15, -0.1) is 0 Å². The van der Waals surface area contributed by atoms with Crippen molar-refractivity contribution < 1.29 is 14.1 Å². The molecular formula is C23H35N3O3. The lowest BCUT2D eigenvalue weighted by Gasteiger charge is -2.11. The summed E-state index contributed by atoms with van der Waals surface area (Å²) in [4.78, 5) is 15.5. The van der Waals surface area contributed by atoms with E-state index in [9.17, 15) is 4.79 Å². The summed E-state index contributed by atoms with van der Waals surface area (Å²) >= 11 is 0. The van der Waals surface area contributed by atoms with Crippen LogP contribution < -0.4 is 5.73 Å². The Bertz CT molecular complexity index is 712. The van der Waals surface area contributed by atoms with Crippen molar-refractivity contribution in [2.75, 3.05) is 6.54 Å². The molecule has 160 valence electrons. The molecule has 29 heavy (non-hydrogen) atoms. The van der Waals surface area contributed by atoms with Gasteiger partial charge in [-0.1, -0.05) is 81.3 Å². The minimum Gasteiger partial charge on any atom is -0.461 e. The Kier molecular flexibility index (Phi) is 10.4. The van der Waals surface area contributed by atoms with Gasteiger partial charge in [-0.3, -0.25) is 4.79 Å². The summed E-state index contributed by atoms with van der Waals surface area (Å²) in [6.45, 7) is 3.83. The number of benzene rings is 1. The summed E-state index contributed by atoms with van der Waals surface area (Å²) in [5.74, 6) is 0.587. The number of hydrogen-bond donors (Lipinski definition) is 1. The highest BCUT2D eigenvalue weighted by Gasteiger charge is 2.16. The summed E-state index contributed by atoms with van der Waals surface area (Å²) in [5, 5.41) is 4.03. The van der Waals surface area contributed by atoms with Crippen LogP contribution in [-0.2, 0) is 22.4 Å². The molecule has 0 spiro atoms. The van der Waals surface area contributed by atoms with E-state index >= 15 is 0 Å². The van der Waals surface area contributed by atoms with Crippen molar-refractivity contribution in [1.29, 1.82) is 0 Å². The average Bonchev–Trinajstić information content (AvgIpc) is 3.18. The van der Waals surface area contributed by atoms with Crippen LogP contribution in [0.2, 0.25) is 0 Å². The standard InChI is InChI=1S/C23H35N3O3/c1-3-4-5-6-7-8-9-10-11-19-12-14-20(15-13-19)23-25-22(29-26-23)16-21(17-24)28-18(2)27/h12-15,21H,3-11,16-17,24H2,1-2H3. The second-order valence-electron chi connectivity index (χ2n) is 7.60. The number of rotatable bonds is 14. The summed E-state index contributed by atoms with van der Waals surface area (Å²) in [6.07, 6.45) is 11.6. The first kappa shape index (κ1) is 23.1. The fourth-order valence-electron chi connectivity index (χ4n) is 3.34. The zero-order valence-electron chi connectivity index (χ0n) is 17.9. The third-order valence-electron chi connectivity index (χ3n) is 5.00. The molecule has 0 fully saturated rings. The number of ether oxygens (including phenoxy) is 1. The predicted molar refractivity (Wildman–Crippen MR) is 114 cm³/mol. The van der Waals surface area contributed by atoms with Crippen LogP contribution in [0.3, 0.4) is 0 Å². The Balaban J connectivity index is 1.75. The maximum Gasteiger partial charge on any atom is 0.302 e. The van der Waals surface area contributed by atoms with E-state index in [0.29, 0.717) is 18.1 Å². The van der Waals surface area contributed by atoms with Crippen molar-refractivity contribution in [2.24, 2.45) is 5.73 Å². The molecule has 0 bridgehead atoms. The molecule has 1 aromatic carbocycles. The molecule has 6 heteroatoms. The lowest BCUT2D eigenvalue weighted by atomic mass is 10.0. The monoisotopic (exact) mass is 401 g/mol. The average molecular weight is 402 g/mol. The second kappa shape index (κ2) is 13.1. The number of carbonyl (C=O) groups is 1. The van der Waals surface area contributed by atoms with E-state index < -0.39 is 6.10 Å². The molecule has 1 heterocycles. The lowest BCUT2D eigenvalue weighted by Crippen LogP contribution is -2.28. The van der Waals surface area contributed by atoms with Gasteiger partial charge in [0.2, 0.25) is 11.7 Å². The number of nitrogens with two attached hydrogens (primary N) is 1. The minimum atomic E-state index is -0.449. The van der Waals surface area contributed by atoms with Crippen molar-refractivity contribution >= 4 is 5.97 Å². The molecule has 1 atom stereocenters. The highest BCUT2D eigenvalue weighted by atomic mass is 16.5. The number of unbranched alkanes of at least 4 members (excludes halogenated alkanes) is 7. The van der Waals surface area contributed by atoms with Crippen LogP contribution in [0.1, 0.15) is 76.7 Å². The third-order valence-corrected chi connectivity index (χ3v) is 5.00. The molecule has 1 aromatic heterocycles. The van der Waals surface area contributed by atoms with E-state index in [1.54, 1.807) is 0 Å². The van der Waals surface area contributed by atoms with E-state index in [1.165, 1.54) is 63.9 Å². The Morgan fingerprint density at radius 1 is 1.07 bits per heavy atom. The lowest BCUT2D eigenvalue weighted by molar-refractivity contribution is -0.145. The number of esters is 1. The van der Waals surface area contributed by atoms with Crippen LogP contribution in [0.5, 0.6) is 0 Å². The highest BCUT2D eigenvalue weighted by Crippen LogP contribution is 2.19. The molecule has 0 saturated carbocycles. The molecular weight excluding hydrogens is 366 g/mol. The number of aryl methyl sites for hydroxylation is 1. The van der Waals surface area contributed by atoms with Crippen LogP contribution >= 0.6 is 0 Å². The molecule has 0 aliphatic rings. The van der Waals surface area contributed by atoms with Gasteiger partial charge in [-0.05, 0) is 18.4 Å². The number of carbonyl (C=O) groups excluding carboxylic acids is 1. The second-order valence-corrected chi connectivity index (χ2v) is 7.60. The Morgan fingerprint density at radius 3 is 2.34 bits per heavy atom. The van der Waals surface area contributed by atoms with Gasteiger partial charge in [0, 0.05) is 19.0 Å². The van der Waals surface area contributed by atoms with Gasteiger partial charge in [0.15, 0.2) is 0 Å². The van der Waals surface area contributed by atoms with Gasteiger partial charge in [0.25, 0.3) is 0 Å². The molecule has 2 aromatic rings. The highest BCUT2D eigenvalue weighted by molar-refractivity contribution is 5.66. The van der Waals surface area contributed by atoms with E-state index in [1.807, 2.05) is 12.1 Å². The number of hydrogen-bond acceptors (Lipinski definition) is 6. The minimum absolute atomic E-state index is 0.213. The maximum atomic E-state index is 11.1. The van der Waals surface area contributed by atoms with Gasteiger partial charge in [0.05, 0.1) is 6.42 Å². The Hall–Kier alpha value is -2.21. The fourth-order valence-corrected chi connectivity index (χ4v) is 3.34. The van der Waals surface area contributed by atoms with Gasteiger partial charge >= 0.3 is 5.97 Å². The van der Waals surface area contributed by atoms with Crippen LogP contribution in [0.4, 0.5) is 0 Å². The quantitative estimate of drug-likeness (QED) is 0.359. The molecule has 2 N–H and O–H groups in total. The van der Waals surface area contributed by atoms with Crippen molar-refractivity contribution in [3.05, 3.63) is 35.7 Å². The molecule has 0 saturated heterocycles. The zero-order chi connectivity index (χ0) is 20.9. The first-order valence-electron chi connectivity index (χ1n) is 10.9. The van der Waals surface area contributed by atoms with Gasteiger partial charge in [0.1, 0.15) is 6.10 Å². The molecule has 2 rings (SSSR count). The Labute approximate surface area is 174 Å². The first-order valence-corrected chi connectivity index (χ1v) is 10.9. The zero-order valence-corrected chi connectivity index (χ0v) is 17.9. The first-order chi connectivity index (χ1) is 14.1. The smallest absolute Gasteiger partial charge is 0.302 e. The topological polar surface area (TPSA) is 91.2 Å². The molecule has 0 aliphatic carbocycles. The summed E-state index contributed by atoms with van der Waals surface area (Å²) < 4.78 is 10.4. The van der Waals surface area contributed by atoms with Crippen molar-refractivity contribution in [2.45, 2.75) is 84.2 Å². The summed E-state index contributed by atoms with van der Waals surface area (Å²) in [6, 6.07) is 8.32. The Morgan fingerprint density at radius 2 is 1.72 bits per heavy atom. The normalized spacial score (nSPS) is 12.1. The molecule has 1 unspecified atom stereocenters. The van der Waals surface area contributed by atoms with Gasteiger partial charge in [-0.2, -0.15) is 4.98 Å². The van der Waals surface area contributed by atoms with Crippen LogP contribution in [0.15, 0.2) is 28.8 Å². The van der Waals surface area contributed by atoms with Gasteiger partial charge in [-0.25, -0.2) is 0 Å². The van der Waals surface area contributed by atoms with E-state index in [2.05, 4.69) is 29.2 Å². The van der Waals surface area contributed by atoms with Crippen molar-refractivity contribution in [3.63, 3.8) is 0 Å².